The van der Waals surface area contributed by atoms with Gasteiger partial charge in [0.05, 0.1) is 17.3 Å². The third-order valence-electron chi connectivity index (χ3n) is 3.13. The van der Waals surface area contributed by atoms with E-state index in [2.05, 4.69) is 23.7 Å². The summed E-state index contributed by atoms with van der Waals surface area (Å²) in [4.78, 5) is 18.2. The number of aromatic carboxylic acids is 1. The number of hydrogen-bond acceptors (Lipinski definition) is 5. The molecule has 1 heterocycles. The zero-order chi connectivity index (χ0) is 15.0. The van der Waals surface area contributed by atoms with Gasteiger partial charge in [-0.15, -0.1) is 11.3 Å². The van der Waals surface area contributed by atoms with Gasteiger partial charge in [-0.1, -0.05) is 20.3 Å². The quantitative estimate of drug-likeness (QED) is 0.720. The molecule has 1 rings (SSSR count). The standard InChI is InChI=1S/C14H24N2O3S/c1-4-6-8-16(5-2)9-7-12-15-11(10-19-3)13(20-12)14(17)18/h4-10H2,1-3H3,(H,17,18). The topological polar surface area (TPSA) is 62.7 Å². The summed E-state index contributed by atoms with van der Waals surface area (Å²) >= 11 is 1.27. The van der Waals surface area contributed by atoms with Gasteiger partial charge in [0, 0.05) is 20.1 Å². The first kappa shape index (κ1) is 17.1. The Morgan fingerprint density at radius 1 is 1.40 bits per heavy atom. The number of ether oxygens (including phenoxy) is 1. The molecule has 0 amide bonds. The average molecular weight is 300 g/mol. The van der Waals surface area contributed by atoms with Crippen molar-refractivity contribution in [2.24, 2.45) is 0 Å². The maximum atomic E-state index is 11.2. The lowest BCUT2D eigenvalue weighted by molar-refractivity contribution is 0.0697. The number of thiazole rings is 1. The number of likely N-dealkylation sites (N-methyl/N-ethyl adjacent to an activating group) is 1. The second kappa shape index (κ2) is 9.05. The Morgan fingerprint density at radius 2 is 2.15 bits per heavy atom. The van der Waals surface area contributed by atoms with Gasteiger partial charge >= 0.3 is 5.97 Å². The molecular formula is C14H24N2O3S. The first-order valence-electron chi connectivity index (χ1n) is 7.05. The number of carbonyl (C=O) groups is 1. The second-order valence-electron chi connectivity index (χ2n) is 4.66. The monoisotopic (exact) mass is 300 g/mol. The lowest BCUT2D eigenvalue weighted by atomic mass is 10.3. The van der Waals surface area contributed by atoms with Crippen LogP contribution >= 0.6 is 11.3 Å². The van der Waals surface area contributed by atoms with Crippen LogP contribution in [0.4, 0.5) is 0 Å². The lowest BCUT2D eigenvalue weighted by Crippen LogP contribution is -2.26. The molecule has 0 atom stereocenters. The SMILES string of the molecule is CCCCN(CC)CCc1nc(COC)c(C(=O)O)s1. The summed E-state index contributed by atoms with van der Waals surface area (Å²) in [7, 11) is 1.55. The minimum atomic E-state index is -0.917. The highest BCUT2D eigenvalue weighted by atomic mass is 32.1. The van der Waals surface area contributed by atoms with Crippen LogP contribution in [0.15, 0.2) is 0 Å². The molecule has 0 fully saturated rings. The molecule has 0 aliphatic carbocycles. The highest BCUT2D eigenvalue weighted by Gasteiger charge is 2.17. The molecule has 0 bridgehead atoms. The van der Waals surface area contributed by atoms with E-state index in [1.54, 1.807) is 7.11 Å². The molecule has 1 N–H and O–H groups in total. The van der Waals surface area contributed by atoms with E-state index < -0.39 is 5.97 Å². The van der Waals surface area contributed by atoms with E-state index in [1.165, 1.54) is 24.2 Å². The predicted molar refractivity (Wildman–Crippen MR) is 80.5 cm³/mol. The number of carboxylic acid groups (broad SMARTS) is 1. The van der Waals surface area contributed by atoms with Gasteiger partial charge in [-0.2, -0.15) is 0 Å². The van der Waals surface area contributed by atoms with Gasteiger partial charge in [-0.05, 0) is 19.5 Å². The Morgan fingerprint density at radius 3 is 2.70 bits per heavy atom. The van der Waals surface area contributed by atoms with E-state index in [1.807, 2.05) is 0 Å². The number of methoxy groups -OCH3 is 1. The van der Waals surface area contributed by atoms with Crippen LogP contribution in [0.25, 0.3) is 0 Å². The van der Waals surface area contributed by atoms with Crippen molar-refractivity contribution in [2.75, 3.05) is 26.7 Å². The van der Waals surface area contributed by atoms with Crippen molar-refractivity contribution < 1.29 is 14.6 Å². The molecule has 0 unspecified atom stereocenters. The van der Waals surface area contributed by atoms with Crippen LogP contribution in [-0.4, -0.2) is 47.7 Å². The van der Waals surface area contributed by atoms with E-state index in [0.29, 0.717) is 10.6 Å². The van der Waals surface area contributed by atoms with Gasteiger partial charge in [0.2, 0.25) is 0 Å². The molecule has 0 aromatic carbocycles. The van der Waals surface area contributed by atoms with Gasteiger partial charge in [-0.3, -0.25) is 0 Å². The Kier molecular flexibility index (Phi) is 7.72. The smallest absolute Gasteiger partial charge is 0.347 e. The number of nitrogens with zero attached hydrogens (tertiary/aromatic N) is 2. The molecule has 0 radical (unpaired) electrons. The molecule has 0 aliphatic rings. The summed E-state index contributed by atoms with van der Waals surface area (Å²) in [6.45, 7) is 7.62. The summed E-state index contributed by atoms with van der Waals surface area (Å²) in [5.41, 5.74) is 0.539. The summed E-state index contributed by atoms with van der Waals surface area (Å²) in [5.74, 6) is -0.917. The number of unbranched alkanes of at least 4 members (excludes halogenated alkanes) is 1. The summed E-state index contributed by atoms with van der Waals surface area (Å²) in [6, 6.07) is 0. The fourth-order valence-electron chi connectivity index (χ4n) is 1.97. The number of carboxylic acids is 1. The molecule has 0 saturated carbocycles. The van der Waals surface area contributed by atoms with E-state index in [0.717, 1.165) is 31.1 Å². The van der Waals surface area contributed by atoms with Crippen LogP contribution in [-0.2, 0) is 17.8 Å². The fraction of sp³-hybridized carbons (Fsp3) is 0.714. The van der Waals surface area contributed by atoms with Crippen LogP contribution in [0.2, 0.25) is 0 Å². The first-order valence-corrected chi connectivity index (χ1v) is 7.87. The molecule has 0 aliphatic heterocycles. The Hall–Kier alpha value is -0.980. The maximum Gasteiger partial charge on any atom is 0.347 e. The number of aromatic nitrogens is 1. The Balaban J connectivity index is 2.63. The van der Waals surface area contributed by atoms with Gasteiger partial charge in [-0.25, -0.2) is 9.78 Å². The zero-order valence-electron chi connectivity index (χ0n) is 12.5. The summed E-state index contributed by atoms with van der Waals surface area (Å²) in [6.07, 6.45) is 3.18. The van der Waals surface area contributed by atoms with Crippen LogP contribution in [0.5, 0.6) is 0 Å². The van der Waals surface area contributed by atoms with Crippen LogP contribution in [0, 0.1) is 0 Å². The normalized spacial score (nSPS) is 11.2. The van der Waals surface area contributed by atoms with E-state index in [4.69, 9.17) is 9.84 Å². The van der Waals surface area contributed by atoms with Gasteiger partial charge < -0.3 is 14.7 Å². The zero-order valence-corrected chi connectivity index (χ0v) is 13.3. The molecule has 20 heavy (non-hydrogen) atoms. The van der Waals surface area contributed by atoms with Crippen LogP contribution in [0.3, 0.4) is 0 Å². The third kappa shape index (κ3) is 5.19. The molecule has 5 nitrogen and oxygen atoms in total. The number of rotatable bonds is 10. The van der Waals surface area contributed by atoms with Gasteiger partial charge in [0.1, 0.15) is 4.88 Å². The minimum Gasteiger partial charge on any atom is -0.477 e. The van der Waals surface area contributed by atoms with Crippen molar-refractivity contribution >= 4 is 17.3 Å². The van der Waals surface area contributed by atoms with E-state index >= 15 is 0 Å². The Labute approximate surface area is 124 Å². The third-order valence-corrected chi connectivity index (χ3v) is 4.28. The largest absolute Gasteiger partial charge is 0.477 e. The molecule has 1 aromatic heterocycles. The minimum absolute atomic E-state index is 0.255. The summed E-state index contributed by atoms with van der Waals surface area (Å²) in [5, 5.41) is 10.0. The van der Waals surface area contributed by atoms with Gasteiger partial charge in [0.15, 0.2) is 0 Å². The second-order valence-corrected chi connectivity index (χ2v) is 5.74. The van der Waals surface area contributed by atoms with Gasteiger partial charge in [0.25, 0.3) is 0 Å². The van der Waals surface area contributed by atoms with Crippen LogP contribution < -0.4 is 0 Å². The molecule has 1 aromatic rings. The Bertz CT molecular complexity index is 421. The van der Waals surface area contributed by atoms with Crippen molar-refractivity contribution in [3.05, 3.63) is 15.6 Å². The van der Waals surface area contributed by atoms with Crippen molar-refractivity contribution in [3.8, 4) is 0 Å². The average Bonchev–Trinajstić information content (AvgIpc) is 2.83. The molecule has 114 valence electrons. The highest BCUT2D eigenvalue weighted by molar-refractivity contribution is 7.13. The predicted octanol–water partition coefficient (Wildman–Crippen LogP) is 2.65. The molecule has 0 spiro atoms. The summed E-state index contributed by atoms with van der Waals surface area (Å²) < 4.78 is 5.00. The molecule has 0 saturated heterocycles. The molecular weight excluding hydrogens is 276 g/mol. The first-order chi connectivity index (χ1) is 9.62. The van der Waals surface area contributed by atoms with E-state index in [-0.39, 0.29) is 6.61 Å². The fourth-order valence-corrected chi connectivity index (χ4v) is 2.87. The number of hydrogen-bond donors (Lipinski definition) is 1. The molecule has 6 heteroatoms. The van der Waals surface area contributed by atoms with Crippen molar-refractivity contribution in [1.82, 2.24) is 9.88 Å². The van der Waals surface area contributed by atoms with E-state index in [9.17, 15) is 4.79 Å². The lowest BCUT2D eigenvalue weighted by Gasteiger charge is -2.19. The maximum absolute atomic E-state index is 11.2. The highest BCUT2D eigenvalue weighted by Crippen LogP contribution is 2.20. The van der Waals surface area contributed by atoms with Crippen molar-refractivity contribution in [2.45, 2.75) is 39.7 Å². The van der Waals surface area contributed by atoms with Crippen molar-refractivity contribution in [3.63, 3.8) is 0 Å². The van der Waals surface area contributed by atoms with Crippen LogP contribution in [0.1, 0.15) is 47.1 Å². The van der Waals surface area contributed by atoms with Crippen molar-refractivity contribution in [1.29, 1.82) is 0 Å².